The largest absolute Gasteiger partial charge is 0.369 e. The molecule has 1 aliphatic heterocycles. The smallest absolute Gasteiger partial charge is 0.287 e. The maximum absolute atomic E-state index is 10.6. The van der Waals surface area contributed by atoms with Crippen molar-refractivity contribution in [2.24, 2.45) is 0 Å². The Hall–Kier alpha value is -2.63. The van der Waals surface area contributed by atoms with Gasteiger partial charge in [-0.1, -0.05) is 18.2 Å². The third-order valence-corrected chi connectivity index (χ3v) is 3.62. The number of nitro groups is 1. The van der Waals surface area contributed by atoms with Crippen molar-refractivity contribution in [3.63, 3.8) is 0 Å². The van der Waals surface area contributed by atoms with E-state index in [1.807, 2.05) is 18.2 Å². The van der Waals surface area contributed by atoms with Gasteiger partial charge < -0.3 is 10.2 Å². The molecule has 3 rings (SSSR count). The highest BCUT2D eigenvalue weighted by atomic mass is 16.6. The van der Waals surface area contributed by atoms with E-state index in [1.165, 1.54) is 18.0 Å². The fraction of sp³-hybridized carbons (Fsp3) is 0.267. The first-order chi connectivity index (χ1) is 10.2. The highest BCUT2D eigenvalue weighted by Gasteiger charge is 2.22. The number of anilines is 2. The summed E-state index contributed by atoms with van der Waals surface area (Å²) >= 11 is 0. The van der Waals surface area contributed by atoms with Gasteiger partial charge in [-0.2, -0.15) is 0 Å². The highest BCUT2D eigenvalue weighted by molar-refractivity contribution is 5.49. The van der Waals surface area contributed by atoms with Crippen LogP contribution in [0.25, 0.3) is 0 Å². The van der Waals surface area contributed by atoms with Gasteiger partial charge in [0.05, 0.1) is 4.92 Å². The van der Waals surface area contributed by atoms with Gasteiger partial charge in [0.2, 0.25) is 0 Å². The summed E-state index contributed by atoms with van der Waals surface area (Å²) in [5.41, 5.74) is 1.23. The van der Waals surface area contributed by atoms with Crippen LogP contribution < -0.4 is 10.2 Å². The van der Waals surface area contributed by atoms with Crippen LogP contribution in [0.2, 0.25) is 0 Å². The molecule has 21 heavy (non-hydrogen) atoms. The SMILES string of the molecule is O=[N+]([O-])c1ccc(NC2CCN(c3ccccc3)C2)nc1. The van der Waals surface area contributed by atoms with E-state index < -0.39 is 4.92 Å². The fourth-order valence-corrected chi connectivity index (χ4v) is 2.54. The fourth-order valence-electron chi connectivity index (χ4n) is 2.54. The number of nitrogens with one attached hydrogen (secondary N) is 1. The third-order valence-electron chi connectivity index (χ3n) is 3.62. The monoisotopic (exact) mass is 284 g/mol. The van der Waals surface area contributed by atoms with Crippen molar-refractivity contribution in [1.82, 2.24) is 4.98 Å². The van der Waals surface area contributed by atoms with E-state index in [2.05, 4.69) is 27.3 Å². The topological polar surface area (TPSA) is 71.3 Å². The quantitative estimate of drug-likeness (QED) is 0.690. The number of aromatic nitrogens is 1. The molecular formula is C15H16N4O2. The second-order valence-electron chi connectivity index (χ2n) is 5.07. The molecule has 6 heteroatoms. The molecule has 1 saturated heterocycles. The Bertz CT molecular complexity index is 615. The zero-order chi connectivity index (χ0) is 14.7. The lowest BCUT2D eigenvalue weighted by molar-refractivity contribution is -0.385. The van der Waals surface area contributed by atoms with E-state index in [-0.39, 0.29) is 5.69 Å². The third kappa shape index (κ3) is 3.10. The van der Waals surface area contributed by atoms with E-state index in [9.17, 15) is 10.1 Å². The van der Waals surface area contributed by atoms with Crippen molar-refractivity contribution in [3.8, 4) is 0 Å². The molecule has 108 valence electrons. The molecule has 2 aromatic rings. The van der Waals surface area contributed by atoms with Crippen LogP contribution in [-0.2, 0) is 0 Å². The van der Waals surface area contributed by atoms with E-state index >= 15 is 0 Å². The minimum absolute atomic E-state index is 0.0119. The maximum atomic E-state index is 10.6. The van der Waals surface area contributed by atoms with Gasteiger partial charge in [0.15, 0.2) is 0 Å². The van der Waals surface area contributed by atoms with E-state index in [1.54, 1.807) is 6.07 Å². The summed E-state index contributed by atoms with van der Waals surface area (Å²) < 4.78 is 0. The minimum Gasteiger partial charge on any atom is -0.369 e. The molecule has 0 saturated carbocycles. The number of benzene rings is 1. The van der Waals surface area contributed by atoms with Gasteiger partial charge in [-0.25, -0.2) is 4.98 Å². The summed E-state index contributed by atoms with van der Waals surface area (Å²) in [6.07, 6.45) is 2.31. The number of pyridine rings is 1. The predicted octanol–water partition coefficient (Wildman–Crippen LogP) is 2.68. The molecule has 0 aliphatic carbocycles. The second kappa shape index (κ2) is 5.78. The molecular weight excluding hydrogens is 268 g/mol. The Morgan fingerprint density at radius 2 is 2.05 bits per heavy atom. The summed E-state index contributed by atoms with van der Waals surface area (Å²) in [5.74, 6) is 0.681. The summed E-state index contributed by atoms with van der Waals surface area (Å²) in [6, 6.07) is 13.7. The Balaban J connectivity index is 1.61. The zero-order valence-corrected chi connectivity index (χ0v) is 11.5. The van der Waals surface area contributed by atoms with Crippen LogP contribution in [0.3, 0.4) is 0 Å². The van der Waals surface area contributed by atoms with Gasteiger partial charge in [-0.05, 0) is 24.6 Å². The Morgan fingerprint density at radius 1 is 1.24 bits per heavy atom. The molecule has 1 N–H and O–H groups in total. The number of hydrogen-bond acceptors (Lipinski definition) is 5. The number of rotatable bonds is 4. The van der Waals surface area contributed by atoms with Crippen molar-refractivity contribution >= 4 is 17.2 Å². The average Bonchev–Trinajstić information content (AvgIpc) is 2.97. The molecule has 1 atom stereocenters. The molecule has 0 amide bonds. The van der Waals surface area contributed by atoms with Crippen molar-refractivity contribution in [3.05, 3.63) is 58.8 Å². The van der Waals surface area contributed by atoms with Gasteiger partial charge in [0.25, 0.3) is 5.69 Å². The summed E-state index contributed by atoms with van der Waals surface area (Å²) in [5, 5.41) is 13.9. The molecule has 1 aromatic carbocycles. The van der Waals surface area contributed by atoms with Gasteiger partial charge in [-0.3, -0.25) is 10.1 Å². The first-order valence-corrected chi connectivity index (χ1v) is 6.89. The van der Waals surface area contributed by atoms with Crippen LogP contribution in [0.15, 0.2) is 48.7 Å². The van der Waals surface area contributed by atoms with Crippen LogP contribution in [0, 0.1) is 10.1 Å². The standard InChI is InChI=1S/C15H16N4O2/c20-19(21)14-6-7-15(16-10-14)17-12-8-9-18(11-12)13-4-2-1-3-5-13/h1-7,10,12H,8-9,11H2,(H,16,17). The van der Waals surface area contributed by atoms with Gasteiger partial charge in [0, 0.05) is 30.9 Å². The van der Waals surface area contributed by atoms with Crippen molar-refractivity contribution in [2.45, 2.75) is 12.5 Å². The Labute approximate surface area is 122 Å². The maximum Gasteiger partial charge on any atom is 0.287 e. The molecule has 2 heterocycles. The van der Waals surface area contributed by atoms with Gasteiger partial charge in [-0.15, -0.1) is 0 Å². The molecule has 1 unspecified atom stereocenters. The highest BCUT2D eigenvalue weighted by Crippen LogP contribution is 2.22. The number of nitrogens with zero attached hydrogens (tertiary/aromatic N) is 3. The molecule has 1 aliphatic rings. The Morgan fingerprint density at radius 3 is 2.71 bits per heavy atom. The van der Waals surface area contributed by atoms with Crippen LogP contribution in [-0.4, -0.2) is 29.0 Å². The van der Waals surface area contributed by atoms with Crippen LogP contribution in [0.1, 0.15) is 6.42 Å². The number of hydrogen-bond donors (Lipinski definition) is 1. The van der Waals surface area contributed by atoms with Gasteiger partial charge in [0.1, 0.15) is 12.0 Å². The summed E-state index contributed by atoms with van der Waals surface area (Å²) in [4.78, 5) is 16.6. The molecule has 6 nitrogen and oxygen atoms in total. The first kappa shape index (κ1) is 13.4. The Kier molecular flexibility index (Phi) is 3.68. The van der Waals surface area contributed by atoms with Crippen molar-refractivity contribution in [1.29, 1.82) is 0 Å². The molecule has 0 radical (unpaired) electrons. The lowest BCUT2D eigenvalue weighted by atomic mass is 10.2. The first-order valence-electron chi connectivity index (χ1n) is 6.89. The summed E-state index contributed by atoms with van der Waals surface area (Å²) in [6.45, 7) is 1.90. The van der Waals surface area contributed by atoms with Crippen LogP contribution in [0.5, 0.6) is 0 Å². The normalized spacial score (nSPS) is 17.7. The van der Waals surface area contributed by atoms with Crippen LogP contribution in [0.4, 0.5) is 17.2 Å². The van der Waals surface area contributed by atoms with Crippen molar-refractivity contribution < 1.29 is 4.92 Å². The van der Waals surface area contributed by atoms with Crippen LogP contribution >= 0.6 is 0 Å². The van der Waals surface area contributed by atoms with E-state index in [0.717, 1.165) is 19.5 Å². The molecule has 0 spiro atoms. The second-order valence-corrected chi connectivity index (χ2v) is 5.07. The van der Waals surface area contributed by atoms with E-state index in [0.29, 0.717) is 11.9 Å². The zero-order valence-electron chi connectivity index (χ0n) is 11.5. The summed E-state index contributed by atoms with van der Waals surface area (Å²) in [7, 11) is 0. The average molecular weight is 284 g/mol. The number of para-hydroxylation sites is 1. The predicted molar refractivity (Wildman–Crippen MR) is 81.6 cm³/mol. The van der Waals surface area contributed by atoms with Gasteiger partial charge >= 0.3 is 0 Å². The lowest BCUT2D eigenvalue weighted by Crippen LogP contribution is -2.26. The van der Waals surface area contributed by atoms with E-state index in [4.69, 9.17) is 0 Å². The molecule has 1 fully saturated rings. The van der Waals surface area contributed by atoms with Crippen molar-refractivity contribution in [2.75, 3.05) is 23.3 Å². The lowest BCUT2D eigenvalue weighted by Gasteiger charge is -2.19. The molecule has 1 aromatic heterocycles. The molecule has 0 bridgehead atoms. The minimum atomic E-state index is -0.441.